The van der Waals surface area contributed by atoms with Crippen molar-refractivity contribution in [1.29, 1.82) is 0 Å². The number of nitrogens with one attached hydrogen (secondary N) is 1. The summed E-state index contributed by atoms with van der Waals surface area (Å²) in [5.74, 6) is 2.02. The third kappa shape index (κ3) is 5.14. The summed E-state index contributed by atoms with van der Waals surface area (Å²) in [5.41, 5.74) is 1.63. The van der Waals surface area contributed by atoms with Crippen molar-refractivity contribution >= 4 is 5.82 Å². The van der Waals surface area contributed by atoms with Crippen LogP contribution >= 0.6 is 0 Å². The molecule has 2 aromatic rings. The molecular weight excluding hydrogens is 338 g/mol. The van der Waals surface area contributed by atoms with E-state index in [9.17, 15) is 8.78 Å². The predicted molar refractivity (Wildman–Crippen MR) is 96.1 cm³/mol. The number of hydrogen-bond acceptors (Lipinski definition) is 6. The van der Waals surface area contributed by atoms with Crippen molar-refractivity contribution in [1.82, 2.24) is 24.8 Å². The Labute approximate surface area is 152 Å². The minimum atomic E-state index is -2.25. The molecule has 0 amide bonds. The van der Waals surface area contributed by atoms with Crippen LogP contribution in [-0.2, 0) is 6.42 Å². The number of piperidine rings is 1. The van der Waals surface area contributed by atoms with Crippen LogP contribution in [0.15, 0.2) is 24.8 Å². The van der Waals surface area contributed by atoms with Crippen LogP contribution in [0, 0.1) is 5.92 Å². The number of hydrogen-bond donors (Lipinski definition) is 1. The van der Waals surface area contributed by atoms with E-state index in [4.69, 9.17) is 0 Å². The van der Waals surface area contributed by atoms with Gasteiger partial charge in [0.2, 0.25) is 0 Å². The van der Waals surface area contributed by atoms with Crippen molar-refractivity contribution < 1.29 is 8.78 Å². The zero-order valence-electron chi connectivity index (χ0n) is 14.9. The Balaban J connectivity index is 1.56. The third-order valence-corrected chi connectivity index (χ3v) is 4.60. The molecule has 3 heterocycles. The van der Waals surface area contributed by atoms with Crippen LogP contribution in [0.1, 0.15) is 25.6 Å². The lowest BCUT2D eigenvalue weighted by molar-refractivity contribution is 0.0688. The largest absolute Gasteiger partial charge is 0.370 e. The Hall–Kier alpha value is -2.22. The number of nitrogens with zero attached hydrogens (tertiary/aromatic N) is 5. The van der Waals surface area contributed by atoms with Crippen LogP contribution in [0.5, 0.6) is 0 Å². The van der Waals surface area contributed by atoms with Gasteiger partial charge in [0, 0.05) is 37.0 Å². The SMILES string of the molecule is CCNc1cc(-c2cnc(CC3CCN(CC(F)F)CC3)nc2)ncn1. The Kier molecular flexibility index (Phi) is 6.38. The average molecular weight is 362 g/mol. The van der Waals surface area contributed by atoms with Gasteiger partial charge in [-0.2, -0.15) is 0 Å². The second-order valence-electron chi connectivity index (χ2n) is 6.55. The van der Waals surface area contributed by atoms with Gasteiger partial charge in [-0.15, -0.1) is 0 Å². The second kappa shape index (κ2) is 8.93. The fraction of sp³-hybridized carbons (Fsp3) is 0.556. The van der Waals surface area contributed by atoms with Gasteiger partial charge in [-0.25, -0.2) is 28.7 Å². The molecule has 0 atom stereocenters. The summed E-state index contributed by atoms with van der Waals surface area (Å²) in [6, 6.07) is 1.88. The van der Waals surface area contributed by atoms with E-state index in [0.29, 0.717) is 5.92 Å². The third-order valence-electron chi connectivity index (χ3n) is 4.60. The fourth-order valence-electron chi connectivity index (χ4n) is 3.21. The topological polar surface area (TPSA) is 66.8 Å². The van der Waals surface area contributed by atoms with Gasteiger partial charge >= 0.3 is 0 Å². The maximum Gasteiger partial charge on any atom is 0.251 e. The van der Waals surface area contributed by atoms with Gasteiger partial charge in [0.25, 0.3) is 6.43 Å². The van der Waals surface area contributed by atoms with Gasteiger partial charge in [0.1, 0.15) is 18.0 Å². The summed E-state index contributed by atoms with van der Waals surface area (Å²) in [5, 5.41) is 3.16. The number of halogens is 2. The molecule has 1 saturated heterocycles. The molecule has 0 unspecified atom stereocenters. The quantitative estimate of drug-likeness (QED) is 0.817. The van der Waals surface area contributed by atoms with Gasteiger partial charge in [-0.1, -0.05) is 0 Å². The zero-order valence-corrected chi connectivity index (χ0v) is 14.9. The molecule has 8 heteroatoms. The molecule has 0 aliphatic carbocycles. The zero-order chi connectivity index (χ0) is 18.4. The van der Waals surface area contributed by atoms with Crippen LogP contribution < -0.4 is 5.32 Å². The molecule has 2 aromatic heterocycles. The highest BCUT2D eigenvalue weighted by Gasteiger charge is 2.22. The van der Waals surface area contributed by atoms with Gasteiger partial charge < -0.3 is 5.32 Å². The van der Waals surface area contributed by atoms with Crippen LogP contribution in [0.2, 0.25) is 0 Å². The van der Waals surface area contributed by atoms with Crippen molar-refractivity contribution in [2.45, 2.75) is 32.6 Å². The molecule has 1 aliphatic heterocycles. The number of alkyl halides is 2. The molecule has 0 aromatic carbocycles. The number of anilines is 1. The minimum Gasteiger partial charge on any atom is -0.370 e. The smallest absolute Gasteiger partial charge is 0.251 e. The minimum absolute atomic E-state index is 0.119. The Bertz CT molecular complexity index is 686. The molecule has 0 saturated carbocycles. The van der Waals surface area contributed by atoms with Crippen molar-refractivity contribution in [2.75, 3.05) is 31.5 Å². The molecule has 1 fully saturated rings. The van der Waals surface area contributed by atoms with Crippen molar-refractivity contribution in [3.8, 4) is 11.3 Å². The molecule has 3 rings (SSSR count). The lowest BCUT2D eigenvalue weighted by Crippen LogP contribution is -2.37. The van der Waals surface area contributed by atoms with Crippen LogP contribution in [0.25, 0.3) is 11.3 Å². The number of rotatable bonds is 7. The maximum atomic E-state index is 12.4. The van der Waals surface area contributed by atoms with E-state index in [1.807, 2.05) is 17.9 Å². The Morgan fingerprint density at radius 2 is 1.88 bits per heavy atom. The first-order valence-electron chi connectivity index (χ1n) is 9.01. The molecule has 0 spiro atoms. The van der Waals surface area contributed by atoms with E-state index in [-0.39, 0.29) is 6.54 Å². The van der Waals surface area contributed by atoms with Gasteiger partial charge in [0.05, 0.1) is 12.2 Å². The normalized spacial score (nSPS) is 16.2. The second-order valence-corrected chi connectivity index (χ2v) is 6.55. The molecular formula is C18H24F2N6. The van der Waals surface area contributed by atoms with E-state index in [1.165, 1.54) is 6.33 Å². The number of likely N-dealkylation sites (tertiary alicyclic amines) is 1. The molecule has 1 aliphatic rings. The summed E-state index contributed by atoms with van der Waals surface area (Å²) in [6.07, 6.45) is 5.45. The lowest BCUT2D eigenvalue weighted by atomic mass is 9.93. The number of aromatic nitrogens is 4. The van der Waals surface area contributed by atoms with E-state index in [1.54, 1.807) is 12.4 Å². The van der Waals surface area contributed by atoms with E-state index >= 15 is 0 Å². The van der Waals surface area contributed by atoms with Crippen molar-refractivity contribution in [3.05, 3.63) is 30.6 Å². The highest BCUT2D eigenvalue weighted by molar-refractivity contribution is 5.60. The molecule has 140 valence electrons. The summed E-state index contributed by atoms with van der Waals surface area (Å²) in [7, 11) is 0. The first-order valence-corrected chi connectivity index (χ1v) is 9.01. The van der Waals surface area contributed by atoms with Crippen LogP contribution in [0.3, 0.4) is 0 Å². The van der Waals surface area contributed by atoms with Crippen LogP contribution in [-0.4, -0.2) is 57.4 Å². The van der Waals surface area contributed by atoms with Gasteiger partial charge in [-0.05, 0) is 38.8 Å². The van der Waals surface area contributed by atoms with Crippen molar-refractivity contribution in [3.63, 3.8) is 0 Å². The van der Waals surface area contributed by atoms with E-state index in [0.717, 1.165) is 61.8 Å². The van der Waals surface area contributed by atoms with Gasteiger partial charge in [0.15, 0.2) is 0 Å². The molecule has 26 heavy (non-hydrogen) atoms. The summed E-state index contributed by atoms with van der Waals surface area (Å²) >= 11 is 0. The maximum absolute atomic E-state index is 12.4. The summed E-state index contributed by atoms with van der Waals surface area (Å²) in [6.45, 7) is 4.13. The molecule has 0 radical (unpaired) electrons. The highest BCUT2D eigenvalue weighted by atomic mass is 19.3. The molecule has 0 bridgehead atoms. The monoisotopic (exact) mass is 362 g/mol. The molecule has 6 nitrogen and oxygen atoms in total. The van der Waals surface area contributed by atoms with E-state index in [2.05, 4.69) is 25.3 Å². The summed E-state index contributed by atoms with van der Waals surface area (Å²) < 4.78 is 24.9. The summed E-state index contributed by atoms with van der Waals surface area (Å²) in [4.78, 5) is 19.2. The predicted octanol–water partition coefficient (Wildman–Crippen LogP) is 2.89. The first kappa shape index (κ1) is 18.6. The fourth-order valence-corrected chi connectivity index (χ4v) is 3.21. The average Bonchev–Trinajstić information content (AvgIpc) is 2.64. The highest BCUT2D eigenvalue weighted by Crippen LogP contribution is 2.22. The van der Waals surface area contributed by atoms with Crippen molar-refractivity contribution in [2.24, 2.45) is 5.92 Å². The first-order chi connectivity index (χ1) is 12.6. The standard InChI is InChI=1S/C18H24F2N6/c1-2-21-18-8-15(24-12-25-18)14-9-22-17(23-10-14)7-13-3-5-26(6-4-13)11-16(19)20/h8-10,12-13,16H,2-7,11H2,1H3,(H,21,24,25). The Morgan fingerprint density at radius 3 is 2.54 bits per heavy atom. The van der Waals surface area contributed by atoms with E-state index < -0.39 is 6.43 Å². The lowest BCUT2D eigenvalue weighted by Gasteiger charge is -2.31. The van der Waals surface area contributed by atoms with Crippen LogP contribution in [0.4, 0.5) is 14.6 Å². The Morgan fingerprint density at radius 1 is 1.15 bits per heavy atom. The molecule has 1 N–H and O–H groups in total. The van der Waals surface area contributed by atoms with Gasteiger partial charge in [-0.3, -0.25) is 4.90 Å².